The van der Waals surface area contributed by atoms with Crippen molar-refractivity contribution in [3.05, 3.63) is 35.4 Å². The molecule has 3 nitrogen and oxygen atoms in total. The fourth-order valence-corrected chi connectivity index (χ4v) is 3.73. The lowest BCUT2D eigenvalue weighted by atomic mass is 10.00. The van der Waals surface area contributed by atoms with Crippen molar-refractivity contribution in [2.45, 2.75) is 38.0 Å². The van der Waals surface area contributed by atoms with Gasteiger partial charge in [-0.3, -0.25) is 9.69 Å². The molecule has 1 aromatic carbocycles. The third-order valence-corrected chi connectivity index (χ3v) is 5.31. The number of hydrogen-bond acceptors (Lipinski definition) is 3. The molecule has 1 fully saturated rings. The molecule has 0 saturated carbocycles. The third-order valence-electron chi connectivity index (χ3n) is 3.93. The van der Waals surface area contributed by atoms with E-state index in [0.29, 0.717) is 0 Å². The van der Waals surface area contributed by atoms with Gasteiger partial charge in [-0.2, -0.15) is 11.8 Å². The summed E-state index contributed by atoms with van der Waals surface area (Å²) < 4.78 is 0. The van der Waals surface area contributed by atoms with Crippen LogP contribution in [0.4, 0.5) is 0 Å². The zero-order chi connectivity index (χ0) is 14.5. The lowest BCUT2D eigenvalue weighted by molar-refractivity contribution is -0.138. The number of benzene rings is 1. The van der Waals surface area contributed by atoms with E-state index in [0.717, 1.165) is 30.4 Å². The quantitative estimate of drug-likeness (QED) is 0.905. The molecule has 0 aromatic heterocycles. The predicted octanol–water partition coefficient (Wildman–Crippen LogP) is 3.20. The molecular formula is C16H23NO2S. The number of carboxylic acids is 1. The number of rotatable bonds is 5. The minimum Gasteiger partial charge on any atom is -0.481 e. The van der Waals surface area contributed by atoms with Crippen LogP contribution in [0.15, 0.2) is 24.3 Å². The van der Waals surface area contributed by atoms with E-state index in [2.05, 4.69) is 35.7 Å². The zero-order valence-electron chi connectivity index (χ0n) is 12.2. The van der Waals surface area contributed by atoms with Gasteiger partial charge in [-0.15, -0.1) is 0 Å². The molecule has 2 rings (SSSR count). The molecule has 0 amide bonds. The molecule has 1 heterocycles. The maximum Gasteiger partial charge on any atom is 0.310 e. The lowest BCUT2D eigenvalue weighted by Crippen LogP contribution is -2.37. The van der Waals surface area contributed by atoms with Crippen LogP contribution >= 0.6 is 11.8 Å². The van der Waals surface area contributed by atoms with Crippen molar-refractivity contribution in [2.75, 3.05) is 18.8 Å². The smallest absolute Gasteiger partial charge is 0.310 e. The molecule has 0 bridgehead atoms. The highest BCUT2D eigenvalue weighted by Gasteiger charge is 2.19. The Balaban J connectivity index is 1.95. The summed E-state index contributed by atoms with van der Waals surface area (Å²) in [6, 6.07) is 8.03. The summed E-state index contributed by atoms with van der Waals surface area (Å²) in [6.45, 7) is 7.26. The van der Waals surface area contributed by atoms with Gasteiger partial charge in [0.2, 0.25) is 0 Å². The van der Waals surface area contributed by atoms with Crippen molar-refractivity contribution in [3.8, 4) is 0 Å². The predicted molar refractivity (Wildman–Crippen MR) is 84.3 cm³/mol. The fourth-order valence-electron chi connectivity index (χ4n) is 2.48. The van der Waals surface area contributed by atoms with Crippen LogP contribution in [0.5, 0.6) is 0 Å². The summed E-state index contributed by atoms with van der Waals surface area (Å²) >= 11 is 2.08. The van der Waals surface area contributed by atoms with E-state index in [9.17, 15) is 4.79 Å². The molecule has 1 N–H and O–H groups in total. The first-order valence-electron chi connectivity index (χ1n) is 7.25. The Bertz CT molecular complexity index is 446. The Hall–Kier alpha value is -1.00. The highest BCUT2D eigenvalue weighted by Crippen LogP contribution is 2.23. The molecule has 2 unspecified atom stereocenters. The highest BCUT2D eigenvalue weighted by molar-refractivity contribution is 8.00. The molecule has 0 radical (unpaired) electrons. The Morgan fingerprint density at radius 2 is 2.15 bits per heavy atom. The molecular weight excluding hydrogens is 270 g/mol. The summed E-state index contributed by atoms with van der Waals surface area (Å²) in [6.07, 6.45) is 1.23. The molecule has 110 valence electrons. The van der Waals surface area contributed by atoms with E-state index in [-0.39, 0.29) is 0 Å². The molecule has 0 spiro atoms. The fraction of sp³-hybridized carbons (Fsp3) is 0.562. The van der Waals surface area contributed by atoms with Crippen LogP contribution in [0.3, 0.4) is 0 Å². The highest BCUT2D eigenvalue weighted by atomic mass is 32.2. The van der Waals surface area contributed by atoms with Crippen molar-refractivity contribution in [1.82, 2.24) is 4.90 Å². The van der Waals surface area contributed by atoms with E-state index in [1.807, 2.05) is 12.1 Å². The summed E-state index contributed by atoms with van der Waals surface area (Å²) in [7, 11) is 0. The molecule has 1 saturated heterocycles. The Kier molecular flexibility index (Phi) is 5.49. The third kappa shape index (κ3) is 4.00. The van der Waals surface area contributed by atoms with E-state index in [4.69, 9.17) is 5.11 Å². The molecule has 1 aliphatic heterocycles. The first-order valence-corrected chi connectivity index (χ1v) is 8.30. The summed E-state index contributed by atoms with van der Waals surface area (Å²) in [5.41, 5.74) is 2.15. The van der Waals surface area contributed by atoms with Gasteiger partial charge in [0, 0.05) is 30.6 Å². The Morgan fingerprint density at radius 3 is 2.75 bits per heavy atom. The Labute approximate surface area is 125 Å². The summed E-state index contributed by atoms with van der Waals surface area (Å²) in [4.78, 5) is 13.5. The monoisotopic (exact) mass is 293 g/mol. The van der Waals surface area contributed by atoms with Gasteiger partial charge in [0.05, 0.1) is 5.92 Å². The second-order valence-corrected chi connectivity index (χ2v) is 6.85. The lowest BCUT2D eigenvalue weighted by Gasteiger charge is -2.31. The minimum absolute atomic E-state index is 0.431. The maximum absolute atomic E-state index is 11.0. The van der Waals surface area contributed by atoms with Gasteiger partial charge in [0.1, 0.15) is 0 Å². The van der Waals surface area contributed by atoms with Crippen molar-refractivity contribution in [2.24, 2.45) is 0 Å². The maximum atomic E-state index is 11.0. The van der Waals surface area contributed by atoms with Gasteiger partial charge < -0.3 is 5.11 Å². The average molecular weight is 293 g/mol. The van der Waals surface area contributed by atoms with Gasteiger partial charge in [-0.05, 0) is 24.5 Å². The number of thioether (sulfide) groups is 1. The molecule has 1 aliphatic rings. The number of carbonyl (C=O) groups is 1. The van der Waals surface area contributed by atoms with Gasteiger partial charge in [0.25, 0.3) is 0 Å². The second-order valence-electron chi connectivity index (χ2n) is 5.44. The van der Waals surface area contributed by atoms with E-state index in [1.165, 1.54) is 17.7 Å². The standard InChI is InChI=1S/C16H23NO2S/c1-3-15-11-17(8-9-20-15)10-13-4-6-14(7-5-13)12(2)16(18)19/h4-7,12,15H,3,8-11H2,1-2H3,(H,18,19). The topological polar surface area (TPSA) is 40.5 Å². The number of nitrogens with zero attached hydrogens (tertiary/aromatic N) is 1. The normalized spacial score (nSPS) is 21.6. The number of carboxylic acid groups (broad SMARTS) is 1. The molecule has 0 aliphatic carbocycles. The average Bonchev–Trinajstić information content (AvgIpc) is 2.47. The van der Waals surface area contributed by atoms with Gasteiger partial charge in [-0.1, -0.05) is 31.2 Å². The van der Waals surface area contributed by atoms with E-state index in [1.54, 1.807) is 6.92 Å². The first kappa shape index (κ1) is 15.4. The van der Waals surface area contributed by atoms with Crippen LogP contribution in [0, 0.1) is 0 Å². The molecule has 4 heteroatoms. The van der Waals surface area contributed by atoms with E-state index < -0.39 is 11.9 Å². The summed E-state index contributed by atoms with van der Waals surface area (Å²) in [5, 5.41) is 9.77. The largest absolute Gasteiger partial charge is 0.481 e. The first-order chi connectivity index (χ1) is 9.60. The Morgan fingerprint density at radius 1 is 1.45 bits per heavy atom. The zero-order valence-corrected chi connectivity index (χ0v) is 13.0. The van der Waals surface area contributed by atoms with E-state index >= 15 is 0 Å². The van der Waals surface area contributed by atoms with Crippen molar-refractivity contribution in [3.63, 3.8) is 0 Å². The molecule has 2 atom stereocenters. The minimum atomic E-state index is -0.767. The van der Waals surface area contributed by atoms with Crippen LogP contribution in [-0.2, 0) is 11.3 Å². The second kappa shape index (κ2) is 7.14. The molecule has 20 heavy (non-hydrogen) atoms. The van der Waals surface area contributed by atoms with Crippen LogP contribution in [0.2, 0.25) is 0 Å². The van der Waals surface area contributed by atoms with Crippen molar-refractivity contribution in [1.29, 1.82) is 0 Å². The van der Waals surface area contributed by atoms with Gasteiger partial charge >= 0.3 is 5.97 Å². The van der Waals surface area contributed by atoms with Gasteiger partial charge in [-0.25, -0.2) is 0 Å². The van der Waals surface area contributed by atoms with Crippen molar-refractivity contribution >= 4 is 17.7 Å². The SMILES string of the molecule is CCC1CN(Cc2ccc(C(C)C(=O)O)cc2)CCS1. The van der Waals surface area contributed by atoms with Crippen LogP contribution in [0.1, 0.15) is 37.3 Å². The summed E-state index contributed by atoms with van der Waals surface area (Å²) in [5.74, 6) is 0.0172. The van der Waals surface area contributed by atoms with Crippen LogP contribution in [0.25, 0.3) is 0 Å². The van der Waals surface area contributed by atoms with Crippen LogP contribution < -0.4 is 0 Å². The van der Waals surface area contributed by atoms with Crippen LogP contribution in [-0.4, -0.2) is 40.1 Å². The molecule has 1 aromatic rings. The number of aliphatic carboxylic acids is 1. The number of hydrogen-bond donors (Lipinski definition) is 1. The van der Waals surface area contributed by atoms with Gasteiger partial charge in [0.15, 0.2) is 0 Å². The van der Waals surface area contributed by atoms with Crippen molar-refractivity contribution < 1.29 is 9.90 Å².